The number of hydrogen-bond acceptors (Lipinski definition) is 8. The Hall–Kier alpha value is -3.72. The van der Waals surface area contributed by atoms with Gasteiger partial charge >= 0.3 is 0 Å². The molecule has 0 fully saturated rings. The van der Waals surface area contributed by atoms with E-state index in [0.29, 0.717) is 11.1 Å². The van der Waals surface area contributed by atoms with Crippen LogP contribution in [0.3, 0.4) is 0 Å². The van der Waals surface area contributed by atoms with Gasteiger partial charge in [0.2, 0.25) is 5.78 Å². The van der Waals surface area contributed by atoms with E-state index >= 15 is 0 Å². The van der Waals surface area contributed by atoms with E-state index < -0.39 is 52.0 Å². The van der Waals surface area contributed by atoms with Crippen LogP contribution in [-0.2, 0) is 20.8 Å². The number of hydrogen-bond donors (Lipinski definition) is 5. The Morgan fingerprint density at radius 1 is 1.16 bits per heavy atom. The SMILES string of the molecule is CC(=O)/C=C/c1ccc(O)c2c1C[C@H]1C[C@H]3CC(O)=C(C(N)=O)C(=O)[C@@]3(O)C(O)=C1C2=O. The first-order valence-corrected chi connectivity index (χ1v) is 9.99. The van der Waals surface area contributed by atoms with Gasteiger partial charge in [-0.15, -0.1) is 0 Å². The van der Waals surface area contributed by atoms with Crippen LogP contribution < -0.4 is 5.73 Å². The van der Waals surface area contributed by atoms with E-state index in [9.17, 15) is 39.6 Å². The number of nitrogens with two attached hydrogens (primary N) is 1. The molecule has 1 aromatic rings. The largest absolute Gasteiger partial charge is 0.511 e. The fraction of sp³-hybridized carbons (Fsp3) is 0.304. The summed E-state index contributed by atoms with van der Waals surface area (Å²) in [5, 5.41) is 42.6. The van der Waals surface area contributed by atoms with Gasteiger partial charge in [-0.2, -0.15) is 0 Å². The third-order valence-corrected chi connectivity index (χ3v) is 6.48. The number of carbonyl (C=O) groups excluding carboxylic acids is 4. The Morgan fingerprint density at radius 2 is 1.84 bits per heavy atom. The molecule has 0 heterocycles. The second kappa shape index (κ2) is 7.16. The van der Waals surface area contributed by atoms with Crippen LogP contribution in [0.15, 0.2) is 40.9 Å². The van der Waals surface area contributed by atoms with Crippen LogP contribution in [0.25, 0.3) is 6.08 Å². The number of rotatable bonds is 3. The smallest absolute Gasteiger partial charge is 0.255 e. The highest BCUT2D eigenvalue weighted by Crippen LogP contribution is 2.51. The summed E-state index contributed by atoms with van der Waals surface area (Å²) in [6.45, 7) is 1.37. The van der Waals surface area contributed by atoms with Gasteiger partial charge in [0.15, 0.2) is 17.2 Å². The van der Waals surface area contributed by atoms with Crippen molar-refractivity contribution in [2.24, 2.45) is 17.6 Å². The summed E-state index contributed by atoms with van der Waals surface area (Å²) in [4.78, 5) is 49.2. The minimum absolute atomic E-state index is 0.0500. The third-order valence-electron chi connectivity index (χ3n) is 6.48. The molecule has 0 spiro atoms. The zero-order valence-corrected chi connectivity index (χ0v) is 17.1. The molecule has 1 aromatic carbocycles. The highest BCUT2D eigenvalue weighted by Gasteiger charge is 2.59. The lowest BCUT2D eigenvalue weighted by Crippen LogP contribution is -2.57. The van der Waals surface area contributed by atoms with E-state index in [2.05, 4.69) is 0 Å². The molecular weight excluding hydrogens is 418 g/mol. The highest BCUT2D eigenvalue weighted by atomic mass is 16.3. The van der Waals surface area contributed by atoms with Gasteiger partial charge in [0.05, 0.1) is 5.56 Å². The van der Waals surface area contributed by atoms with Crippen LogP contribution in [0.1, 0.15) is 41.3 Å². The highest BCUT2D eigenvalue weighted by molar-refractivity contribution is 6.24. The lowest BCUT2D eigenvalue weighted by Gasteiger charge is -2.45. The molecule has 0 unspecified atom stereocenters. The maximum atomic E-state index is 13.3. The van der Waals surface area contributed by atoms with E-state index in [1.807, 2.05) is 0 Å². The predicted octanol–water partition coefficient (Wildman–Crippen LogP) is 1.18. The Kier molecular flexibility index (Phi) is 4.82. The molecule has 0 saturated carbocycles. The second-order valence-electron chi connectivity index (χ2n) is 8.38. The van der Waals surface area contributed by atoms with Crippen molar-refractivity contribution in [3.05, 3.63) is 57.6 Å². The topological polar surface area (TPSA) is 175 Å². The molecule has 0 saturated heterocycles. The summed E-state index contributed by atoms with van der Waals surface area (Å²) in [7, 11) is 0. The number of primary amides is 1. The summed E-state index contributed by atoms with van der Waals surface area (Å²) >= 11 is 0. The molecular formula is C23H21NO8. The van der Waals surface area contributed by atoms with Crippen LogP contribution in [0.4, 0.5) is 0 Å². The van der Waals surface area contributed by atoms with Crippen molar-refractivity contribution in [1.29, 1.82) is 0 Å². The van der Waals surface area contributed by atoms with Gasteiger partial charge in [0.1, 0.15) is 22.8 Å². The minimum Gasteiger partial charge on any atom is -0.511 e. The lowest BCUT2D eigenvalue weighted by atomic mass is 9.60. The van der Waals surface area contributed by atoms with Gasteiger partial charge in [0, 0.05) is 17.9 Å². The monoisotopic (exact) mass is 439 g/mol. The number of fused-ring (bicyclic) bond motifs is 3. The number of allylic oxidation sites excluding steroid dienone is 3. The normalized spacial score (nSPS) is 27.3. The number of benzene rings is 1. The Bertz CT molecular complexity index is 1200. The zero-order valence-electron chi connectivity index (χ0n) is 17.1. The average molecular weight is 439 g/mol. The van der Waals surface area contributed by atoms with Crippen molar-refractivity contribution in [3.63, 3.8) is 0 Å². The second-order valence-corrected chi connectivity index (χ2v) is 8.38. The average Bonchev–Trinajstić information content (AvgIpc) is 2.69. The molecule has 3 atom stereocenters. The van der Waals surface area contributed by atoms with Gasteiger partial charge in [-0.25, -0.2) is 0 Å². The van der Waals surface area contributed by atoms with Crippen molar-refractivity contribution in [2.75, 3.05) is 0 Å². The molecule has 3 aliphatic carbocycles. The summed E-state index contributed by atoms with van der Waals surface area (Å²) in [6.07, 6.45) is 2.80. The van der Waals surface area contributed by atoms with E-state index in [1.165, 1.54) is 25.1 Å². The molecule has 9 nitrogen and oxygen atoms in total. The molecule has 9 heteroatoms. The maximum absolute atomic E-state index is 13.3. The van der Waals surface area contributed by atoms with Gasteiger partial charge in [-0.3, -0.25) is 19.2 Å². The molecule has 0 bridgehead atoms. The number of ketones is 3. The number of aliphatic hydroxyl groups is 3. The molecule has 32 heavy (non-hydrogen) atoms. The Morgan fingerprint density at radius 3 is 2.47 bits per heavy atom. The molecule has 4 rings (SSSR count). The lowest BCUT2D eigenvalue weighted by molar-refractivity contribution is -0.144. The van der Waals surface area contributed by atoms with Crippen LogP contribution in [0, 0.1) is 11.8 Å². The quantitative estimate of drug-likeness (QED) is 0.344. The van der Waals surface area contributed by atoms with Gasteiger partial charge < -0.3 is 26.2 Å². The number of Topliss-reactive ketones (excluding diaryl/α,β-unsaturated/α-hetero) is 2. The number of amides is 1. The third kappa shape index (κ3) is 2.89. The standard InChI is InChI=1S/C23H21NO8/c1-9(25)2-3-10-4-5-14(26)17-13(10)7-11-6-12-8-15(27)18(22(24)31)21(30)23(12,32)20(29)16(11)19(17)28/h2-5,11-12,26-27,29,32H,6-8H2,1H3,(H2,24,31)/b3-2+/t11-,12+,23+/m1/s1. The summed E-state index contributed by atoms with van der Waals surface area (Å²) in [5.74, 6) is -6.90. The van der Waals surface area contributed by atoms with Crippen LogP contribution in [0.2, 0.25) is 0 Å². The van der Waals surface area contributed by atoms with Gasteiger partial charge in [0.25, 0.3) is 5.91 Å². The van der Waals surface area contributed by atoms with Crippen molar-refractivity contribution in [1.82, 2.24) is 0 Å². The molecule has 3 aliphatic rings. The molecule has 6 N–H and O–H groups in total. The first-order chi connectivity index (χ1) is 15.0. The molecule has 1 amide bonds. The first kappa shape index (κ1) is 21.5. The fourth-order valence-electron chi connectivity index (χ4n) is 5.01. The van der Waals surface area contributed by atoms with Crippen molar-refractivity contribution < 1.29 is 39.6 Å². The molecule has 0 aromatic heterocycles. The van der Waals surface area contributed by atoms with E-state index in [-0.39, 0.29) is 41.9 Å². The Balaban J connectivity index is 1.89. The number of aliphatic hydroxyl groups excluding tert-OH is 2. The van der Waals surface area contributed by atoms with Crippen molar-refractivity contribution in [2.45, 2.75) is 31.8 Å². The number of carbonyl (C=O) groups is 4. The van der Waals surface area contributed by atoms with E-state index in [0.717, 1.165) is 0 Å². The van der Waals surface area contributed by atoms with Crippen LogP contribution in [-0.4, -0.2) is 49.3 Å². The van der Waals surface area contributed by atoms with E-state index in [4.69, 9.17) is 5.73 Å². The number of phenolic OH excluding ortho intramolecular Hbond substituents is 1. The summed E-state index contributed by atoms with van der Waals surface area (Å²) in [6, 6.07) is 2.85. The zero-order chi connectivity index (χ0) is 23.5. The van der Waals surface area contributed by atoms with E-state index in [1.54, 1.807) is 6.07 Å². The Labute approximate surface area is 182 Å². The summed E-state index contributed by atoms with van der Waals surface area (Å²) in [5.41, 5.74) is 2.47. The first-order valence-electron chi connectivity index (χ1n) is 9.99. The molecule has 166 valence electrons. The summed E-state index contributed by atoms with van der Waals surface area (Å²) < 4.78 is 0. The van der Waals surface area contributed by atoms with Crippen LogP contribution >= 0.6 is 0 Å². The van der Waals surface area contributed by atoms with Gasteiger partial charge in [-0.05, 0) is 49.0 Å². The minimum atomic E-state index is -2.59. The maximum Gasteiger partial charge on any atom is 0.255 e. The van der Waals surface area contributed by atoms with Gasteiger partial charge in [-0.1, -0.05) is 12.1 Å². The number of phenols is 1. The molecule has 0 radical (unpaired) electrons. The molecule has 0 aliphatic heterocycles. The number of aromatic hydroxyl groups is 1. The fourth-order valence-corrected chi connectivity index (χ4v) is 5.01. The van der Waals surface area contributed by atoms with Crippen molar-refractivity contribution in [3.8, 4) is 5.75 Å². The van der Waals surface area contributed by atoms with Crippen molar-refractivity contribution >= 4 is 29.3 Å². The van der Waals surface area contributed by atoms with Crippen LogP contribution in [0.5, 0.6) is 5.75 Å². The predicted molar refractivity (Wildman–Crippen MR) is 111 cm³/mol.